The molecule has 6 nitrogen and oxygen atoms in total. The predicted octanol–water partition coefficient (Wildman–Crippen LogP) is 0.588. The van der Waals surface area contributed by atoms with Crippen molar-refractivity contribution in [2.75, 3.05) is 39.8 Å². The molecule has 19 heavy (non-hydrogen) atoms. The predicted molar refractivity (Wildman–Crippen MR) is 71.0 cm³/mol. The van der Waals surface area contributed by atoms with E-state index in [1.165, 1.54) is 12.8 Å². The molecule has 2 fully saturated rings. The van der Waals surface area contributed by atoms with Gasteiger partial charge in [0.1, 0.15) is 0 Å². The van der Waals surface area contributed by atoms with Gasteiger partial charge in [0.05, 0.1) is 5.41 Å². The van der Waals surface area contributed by atoms with E-state index in [4.69, 9.17) is 5.11 Å². The van der Waals surface area contributed by atoms with E-state index < -0.39 is 11.4 Å². The zero-order chi connectivity index (χ0) is 13.9. The number of carbonyl (C=O) groups excluding carboxylic acids is 1. The lowest BCUT2D eigenvalue weighted by Crippen LogP contribution is -2.44. The minimum Gasteiger partial charge on any atom is -0.481 e. The molecule has 0 aromatic carbocycles. The number of likely N-dealkylation sites (tertiary alicyclic amines) is 1. The van der Waals surface area contributed by atoms with Crippen LogP contribution < -0.4 is 5.32 Å². The first-order valence-corrected chi connectivity index (χ1v) is 6.98. The Morgan fingerprint density at radius 2 is 1.95 bits per heavy atom. The van der Waals surface area contributed by atoms with Crippen molar-refractivity contribution in [2.45, 2.75) is 25.7 Å². The van der Waals surface area contributed by atoms with Crippen LogP contribution in [0.4, 0.5) is 4.79 Å². The van der Waals surface area contributed by atoms with E-state index in [1.54, 1.807) is 11.9 Å². The van der Waals surface area contributed by atoms with Crippen LogP contribution in [0.15, 0.2) is 0 Å². The molecule has 1 heterocycles. The van der Waals surface area contributed by atoms with Gasteiger partial charge in [-0.2, -0.15) is 0 Å². The lowest BCUT2D eigenvalue weighted by Gasteiger charge is -2.22. The Hall–Kier alpha value is -1.30. The minimum absolute atomic E-state index is 0.174. The number of hydrogen-bond donors (Lipinski definition) is 2. The van der Waals surface area contributed by atoms with Crippen molar-refractivity contribution in [1.82, 2.24) is 15.1 Å². The van der Waals surface area contributed by atoms with Gasteiger partial charge in [0.2, 0.25) is 0 Å². The Balaban J connectivity index is 1.66. The van der Waals surface area contributed by atoms with Crippen molar-refractivity contribution in [3.05, 3.63) is 0 Å². The fourth-order valence-electron chi connectivity index (χ4n) is 2.40. The maximum Gasteiger partial charge on any atom is 0.317 e. The molecule has 2 N–H and O–H groups in total. The lowest BCUT2D eigenvalue weighted by molar-refractivity contribution is -0.143. The first kappa shape index (κ1) is 14.1. The van der Waals surface area contributed by atoms with E-state index in [9.17, 15) is 9.59 Å². The average Bonchev–Trinajstić information content (AvgIpc) is 3.01. The zero-order valence-corrected chi connectivity index (χ0v) is 11.5. The molecule has 1 aliphatic heterocycles. The number of carbonyl (C=O) groups is 2. The van der Waals surface area contributed by atoms with Crippen LogP contribution in [-0.4, -0.2) is 66.7 Å². The molecule has 2 amide bonds. The number of nitrogens with zero attached hydrogens (tertiary/aromatic N) is 2. The number of carboxylic acids is 1. The lowest BCUT2D eigenvalue weighted by atomic mass is 10.1. The largest absolute Gasteiger partial charge is 0.481 e. The molecular weight excluding hydrogens is 246 g/mol. The molecule has 0 bridgehead atoms. The van der Waals surface area contributed by atoms with Crippen LogP contribution in [-0.2, 0) is 4.79 Å². The number of hydrogen-bond acceptors (Lipinski definition) is 3. The molecule has 1 saturated heterocycles. The van der Waals surface area contributed by atoms with Crippen molar-refractivity contribution in [2.24, 2.45) is 5.41 Å². The Kier molecular flexibility index (Phi) is 4.29. The van der Waals surface area contributed by atoms with E-state index in [0.717, 1.165) is 19.6 Å². The van der Waals surface area contributed by atoms with E-state index in [0.29, 0.717) is 19.4 Å². The van der Waals surface area contributed by atoms with Gasteiger partial charge in [-0.15, -0.1) is 0 Å². The number of urea groups is 1. The van der Waals surface area contributed by atoms with Gasteiger partial charge >= 0.3 is 12.0 Å². The van der Waals surface area contributed by atoms with E-state index >= 15 is 0 Å². The Labute approximate surface area is 113 Å². The van der Waals surface area contributed by atoms with Crippen molar-refractivity contribution in [1.29, 1.82) is 0 Å². The van der Waals surface area contributed by atoms with E-state index in [2.05, 4.69) is 10.2 Å². The molecule has 0 spiro atoms. The first-order valence-electron chi connectivity index (χ1n) is 6.98. The summed E-state index contributed by atoms with van der Waals surface area (Å²) in [4.78, 5) is 26.8. The molecule has 2 aliphatic rings. The summed E-state index contributed by atoms with van der Waals surface area (Å²) in [7, 11) is 1.76. The highest BCUT2D eigenvalue weighted by atomic mass is 16.4. The smallest absolute Gasteiger partial charge is 0.317 e. The monoisotopic (exact) mass is 269 g/mol. The summed E-state index contributed by atoms with van der Waals surface area (Å²) >= 11 is 0. The maximum absolute atomic E-state index is 11.8. The highest BCUT2D eigenvalue weighted by molar-refractivity contribution is 5.80. The quantitative estimate of drug-likeness (QED) is 0.740. The van der Waals surface area contributed by atoms with Crippen molar-refractivity contribution >= 4 is 12.0 Å². The van der Waals surface area contributed by atoms with E-state index in [1.807, 2.05) is 0 Å². The summed E-state index contributed by atoms with van der Waals surface area (Å²) in [6.07, 6.45) is 3.83. The Morgan fingerprint density at radius 1 is 1.32 bits per heavy atom. The molecule has 2 rings (SSSR count). The number of aliphatic carboxylic acids is 1. The number of nitrogens with one attached hydrogen (secondary N) is 1. The van der Waals surface area contributed by atoms with Crippen LogP contribution in [0.3, 0.4) is 0 Å². The molecule has 0 radical (unpaired) electrons. The summed E-state index contributed by atoms with van der Waals surface area (Å²) < 4.78 is 0. The Morgan fingerprint density at radius 3 is 2.47 bits per heavy atom. The number of rotatable bonds is 6. The van der Waals surface area contributed by atoms with Crippen LogP contribution in [0.2, 0.25) is 0 Å². The normalized spacial score (nSPS) is 21.1. The molecule has 1 saturated carbocycles. The highest BCUT2D eigenvalue weighted by Crippen LogP contribution is 2.45. The summed E-state index contributed by atoms with van der Waals surface area (Å²) in [5, 5.41) is 11.8. The van der Waals surface area contributed by atoms with Crippen molar-refractivity contribution < 1.29 is 14.7 Å². The maximum atomic E-state index is 11.8. The van der Waals surface area contributed by atoms with Gasteiger partial charge < -0.3 is 20.2 Å². The van der Waals surface area contributed by atoms with E-state index in [-0.39, 0.29) is 12.6 Å². The molecule has 0 unspecified atom stereocenters. The second-order valence-corrected chi connectivity index (χ2v) is 5.71. The van der Waals surface area contributed by atoms with Crippen molar-refractivity contribution in [3.8, 4) is 0 Å². The molecular formula is C13H23N3O3. The summed E-state index contributed by atoms with van der Waals surface area (Å²) in [6.45, 7) is 4.07. The molecule has 0 aromatic rings. The second kappa shape index (κ2) is 5.77. The Bertz CT molecular complexity index is 349. The summed E-state index contributed by atoms with van der Waals surface area (Å²) in [5.41, 5.74) is -0.689. The third kappa shape index (κ3) is 3.59. The number of likely N-dealkylation sites (N-methyl/N-ethyl adjacent to an activating group) is 1. The molecule has 6 heteroatoms. The van der Waals surface area contributed by atoms with Crippen LogP contribution in [0.5, 0.6) is 0 Å². The molecule has 108 valence electrons. The average molecular weight is 269 g/mol. The second-order valence-electron chi connectivity index (χ2n) is 5.71. The third-order valence-electron chi connectivity index (χ3n) is 4.18. The van der Waals surface area contributed by atoms with Crippen LogP contribution in [0.25, 0.3) is 0 Å². The fraction of sp³-hybridized carbons (Fsp3) is 0.846. The molecule has 1 aliphatic carbocycles. The summed E-state index contributed by atoms with van der Waals surface area (Å²) in [5.74, 6) is -0.799. The number of amides is 2. The van der Waals surface area contributed by atoms with Crippen LogP contribution >= 0.6 is 0 Å². The van der Waals surface area contributed by atoms with Crippen LogP contribution in [0.1, 0.15) is 25.7 Å². The van der Waals surface area contributed by atoms with Gasteiger partial charge in [-0.05, 0) is 38.8 Å². The zero-order valence-electron chi connectivity index (χ0n) is 11.5. The van der Waals surface area contributed by atoms with Gasteiger partial charge in [-0.25, -0.2) is 4.79 Å². The van der Waals surface area contributed by atoms with Gasteiger partial charge in [0.25, 0.3) is 0 Å². The van der Waals surface area contributed by atoms with Crippen molar-refractivity contribution in [3.63, 3.8) is 0 Å². The SMILES string of the molecule is CN(CCN1CCCC1)C(=O)NCC1(C(=O)O)CC1. The van der Waals surface area contributed by atoms with Crippen LogP contribution in [0, 0.1) is 5.41 Å². The summed E-state index contributed by atoms with van der Waals surface area (Å²) in [6, 6.07) is -0.174. The topological polar surface area (TPSA) is 72.9 Å². The van der Waals surface area contributed by atoms with Gasteiger partial charge in [0.15, 0.2) is 0 Å². The molecule has 0 atom stereocenters. The minimum atomic E-state index is -0.799. The standard InChI is InChI=1S/C13H23N3O3/c1-15(8-9-16-6-2-3-7-16)12(19)14-10-13(4-5-13)11(17)18/h2-10H2,1H3,(H,14,19)(H,17,18). The van der Waals surface area contributed by atoms with Gasteiger partial charge in [0, 0.05) is 26.7 Å². The van der Waals surface area contributed by atoms with Gasteiger partial charge in [-0.3, -0.25) is 4.79 Å². The highest BCUT2D eigenvalue weighted by Gasteiger charge is 2.50. The molecule has 0 aromatic heterocycles. The first-order chi connectivity index (χ1) is 9.03. The number of carboxylic acid groups (broad SMARTS) is 1. The third-order valence-corrected chi connectivity index (χ3v) is 4.18. The van der Waals surface area contributed by atoms with Gasteiger partial charge in [-0.1, -0.05) is 0 Å². The fourth-order valence-corrected chi connectivity index (χ4v) is 2.40.